The van der Waals surface area contributed by atoms with Crippen molar-refractivity contribution in [2.45, 2.75) is 18.4 Å². The summed E-state index contributed by atoms with van der Waals surface area (Å²) in [7, 11) is 0. The van der Waals surface area contributed by atoms with Gasteiger partial charge < -0.3 is 0 Å². The van der Waals surface area contributed by atoms with Crippen LogP contribution in [0.4, 0.5) is 0 Å². The van der Waals surface area contributed by atoms with Crippen LogP contribution in [0.2, 0.25) is 9.36 Å². The highest BCUT2D eigenvalue weighted by molar-refractivity contribution is 7.12. The predicted molar refractivity (Wildman–Crippen MR) is 71.4 cm³/mol. The first-order valence-corrected chi connectivity index (χ1v) is 6.83. The third-order valence-electron chi connectivity index (χ3n) is 3.02. The van der Waals surface area contributed by atoms with E-state index in [1.807, 2.05) is 18.2 Å². The van der Waals surface area contributed by atoms with Crippen LogP contribution in [0.1, 0.15) is 23.9 Å². The zero-order chi connectivity index (χ0) is 12.0. The lowest BCUT2D eigenvalue weighted by molar-refractivity contribution is 0.760. The summed E-state index contributed by atoms with van der Waals surface area (Å²) in [5.41, 5.74) is 1.11. The van der Waals surface area contributed by atoms with Gasteiger partial charge in [0, 0.05) is 5.92 Å². The van der Waals surface area contributed by atoms with Crippen molar-refractivity contribution < 1.29 is 0 Å². The molecular weight excluding hydrogens is 277 g/mol. The van der Waals surface area contributed by atoms with E-state index in [2.05, 4.69) is 12.1 Å². The molecule has 0 aliphatic heterocycles. The van der Waals surface area contributed by atoms with Gasteiger partial charge in [0.05, 0.1) is 6.04 Å². The fourth-order valence-electron chi connectivity index (χ4n) is 2.07. The van der Waals surface area contributed by atoms with Gasteiger partial charge in [-0.15, -0.1) is 0 Å². The van der Waals surface area contributed by atoms with E-state index in [1.165, 1.54) is 17.1 Å². The second kappa shape index (κ2) is 4.16. The summed E-state index contributed by atoms with van der Waals surface area (Å²) in [6, 6.07) is 10.4. The third kappa shape index (κ3) is 1.92. The highest BCUT2D eigenvalue weighted by atomic mass is 35.5. The fraction of sp³-hybridized carbons (Fsp3) is 0.250. The van der Waals surface area contributed by atoms with Gasteiger partial charge >= 0.3 is 0 Å². The molecule has 3 rings (SSSR count). The molecule has 0 spiro atoms. The zero-order valence-corrected chi connectivity index (χ0v) is 11.1. The van der Waals surface area contributed by atoms with Gasteiger partial charge in [0.15, 0.2) is 0 Å². The Balaban J connectivity index is 1.90. The number of benzene rings is 1. The summed E-state index contributed by atoms with van der Waals surface area (Å²) in [6.07, 6.45) is 0.983. The van der Waals surface area contributed by atoms with Gasteiger partial charge in [-0.05, 0) is 23.5 Å². The van der Waals surface area contributed by atoms with E-state index < -0.39 is 0 Å². The van der Waals surface area contributed by atoms with Crippen molar-refractivity contribution in [3.8, 4) is 0 Å². The molecule has 5 heteroatoms. The van der Waals surface area contributed by atoms with Crippen LogP contribution in [0, 0.1) is 0 Å². The van der Waals surface area contributed by atoms with Crippen LogP contribution >= 0.6 is 34.7 Å². The van der Waals surface area contributed by atoms with Crippen molar-refractivity contribution in [1.82, 2.24) is 3.96 Å². The summed E-state index contributed by atoms with van der Waals surface area (Å²) in [5, 5.41) is 0.148. The van der Waals surface area contributed by atoms with Crippen LogP contribution < -0.4 is 5.56 Å². The molecule has 0 amide bonds. The van der Waals surface area contributed by atoms with E-state index in [4.69, 9.17) is 23.2 Å². The van der Waals surface area contributed by atoms with Crippen molar-refractivity contribution >= 4 is 34.7 Å². The molecule has 1 aliphatic carbocycles. The number of halogens is 2. The largest absolute Gasteiger partial charge is 0.281 e. The first-order chi connectivity index (χ1) is 8.18. The summed E-state index contributed by atoms with van der Waals surface area (Å²) in [6.45, 7) is 0. The molecule has 0 bridgehead atoms. The SMILES string of the molecule is O=c1c(Cl)c(Cl)sn1[C@H]1C[C@@H]1c1ccccc1. The maximum Gasteiger partial charge on any atom is 0.281 e. The molecule has 88 valence electrons. The van der Waals surface area contributed by atoms with E-state index >= 15 is 0 Å². The molecule has 1 fully saturated rings. The number of aromatic nitrogens is 1. The van der Waals surface area contributed by atoms with E-state index in [-0.39, 0.29) is 16.6 Å². The van der Waals surface area contributed by atoms with E-state index in [9.17, 15) is 4.79 Å². The first kappa shape index (κ1) is 11.3. The molecule has 1 aromatic heterocycles. The van der Waals surface area contributed by atoms with Gasteiger partial charge in [0.25, 0.3) is 5.56 Å². The molecule has 1 aliphatic rings. The number of hydrogen-bond donors (Lipinski definition) is 0. The molecule has 0 saturated heterocycles. The van der Waals surface area contributed by atoms with Crippen molar-refractivity contribution in [3.63, 3.8) is 0 Å². The first-order valence-electron chi connectivity index (χ1n) is 5.30. The second-order valence-electron chi connectivity index (χ2n) is 4.13. The molecule has 0 N–H and O–H groups in total. The normalized spacial score (nSPS) is 22.7. The van der Waals surface area contributed by atoms with Crippen LogP contribution in [-0.4, -0.2) is 3.96 Å². The Hall–Kier alpha value is -0.770. The average molecular weight is 286 g/mol. The molecular formula is C12H9Cl2NOS. The Morgan fingerprint density at radius 1 is 1.24 bits per heavy atom. The number of rotatable bonds is 2. The minimum atomic E-state index is -0.162. The molecule has 17 heavy (non-hydrogen) atoms. The van der Waals surface area contributed by atoms with Crippen molar-refractivity contribution in [3.05, 3.63) is 55.6 Å². The van der Waals surface area contributed by atoms with Gasteiger partial charge in [-0.25, -0.2) is 0 Å². The highest BCUT2D eigenvalue weighted by Crippen LogP contribution is 2.52. The fourth-order valence-corrected chi connectivity index (χ4v) is 3.50. The predicted octanol–water partition coefficient (Wildman–Crippen LogP) is 3.95. The highest BCUT2D eigenvalue weighted by Gasteiger charge is 2.41. The minimum Gasteiger partial charge on any atom is -0.267 e. The lowest BCUT2D eigenvalue weighted by Crippen LogP contribution is -2.12. The zero-order valence-electron chi connectivity index (χ0n) is 8.77. The summed E-state index contributed by atoms with van der Waals surface area (Å²) in [4.78, 5) is 11.8. The Morgan fingerprint density at radius 3 is 2.53 bits per heavy atom. The Labute approximate surface area is 113 Å². The maximum absolute atomic E-state index is 11.8. The molecule has 2 atom stereocenters. The maximum atomic E-state index is 11.8. The molecule has 1 saturated carbocycles. The smallest absolute Gasteiger partial charge is 0.267 e. The molecule has 1 heterocycles. The van der Waals surface area contributed by atoms with Gasteiger partial charge in [-0.1, -0.05) is 53.5 Å². The van der Waals surface area contributed by atoms with Crippen LogP contribution in [-0.2, 0) is 0 Å². The van der Waals surface area contributed by atoms with Crippen LogP contribution in [0.25, 0.3) is 0 Å². The molecule has 2 nitrogen and oxygen atoms in total. The standard InChI is InChI=1S/C12H9Cl2NOS/c13-10-11(14)17-15(12(10)16)9-6-8(9)7-4-2-1-3-5-7/h1-5,8-9H,6H2/t8-,9+/m1/s1. The van der Waals surface area contributed by atoms with Gasteiger partial charge in [-0.2, -0.15) is 0 Å². The lowest BCUT2D eigenvalue weighted by atomic mass is 10.1. The summed E-state index contributed by atoms with van der Waals surface area (Å²) in [5.74, 6) is 0.416. The number of nitrogens with zero attached hydrogens (tertiary/aromatic N) is 1. The quantitative estimate of drug-likeness (QED) is 0.819. The van der Waals surface area contributed by atoms with E-state index in [0.29, 0.717) is 10.3 Å². The molecule has 0 unspecified atom stereocenters. The average Bonchev–Trinajstić information content (AvgIpc) is 3.10. The van der Waals surface area contributed by atoms with Crippen LogP contribution in [0.15, 0.2) is 35.1 Å². The monoisotopic (exact) mass is 285 g/mol. The third-order valence-corrected chi connectivity index (χ3v) is 4.98. The number of hydrogen-bond acceptors (Lipinski definition) is 2. The van der Waals surface area contributed by atoms with Gasteiger partial charge in [-0.3, -0.25) is 8.75 Å². The molecule has 2 aromatic rings. The van der Waals surface area contributed by atoms with Crippen LogP contribution in [0.3, 0.4) is 0 Å². The molecule has 0 radical (unpaired) electrons. The van der Waals surface area contributed by atoms with Crippen molar-refractivity contribution in [2.75, 3.05) is 0 Å². The van der Waals surface area contributed by atoms with E-state index in [0.717, 1.165) is 6.42 Å². The van der Waals surface area contributed by atoms with Crippen molar-refractivity contribution in [1.29, 1.82) is 0 Å². The summed E-state index contributed by atoms with van der Waals surface area (Å²) >= 11 is 12.9. The van der Waals surface area contributed by atoms with Crippen LogP contribution in [0.5, 0.6) is 0 Å². The Bertz CT molecular complexity index is 605. The Kier molecular flexibility index (Phi) is 2.77. The molecule has 1 aromatic carbocycles. The second-order valence-corrected chi connectivity index (χ2v) is 6.09. The summed E-state index contributed by atoms with van der Waals surface area (Å²) < 4.78 is 2.08. The minimum absolute atomic E-state index is 0.148. The topological polar surface area (TPSA) is 22.0 Å². The Morgan fingerprint density at radius 2 is 1.94 bits per heavy atom. The van der Waals surface area contributed by atoms with Gasteiger partial charge in [0.2, 0.25) is 0 Å². The van der Waals surface area contributed by atoms with Gasteiger partial charge in [0.1, 0.15) is 9.36 Å². The van der Waals surface area contributed by atoms with E-state index in [1.54, 1.807) is 3.96 Å². The lowest BCUT2D eigenvalue weighted by Gasteiger charge is -1.99. The van der Waals surface area contributed by atoms with Crippen molar-refractivity contribution in [2.24, 2.45) is 0 Å².